The first-order valence-corrected chi connectivity index (χ1v) is 8.72. The maximum absolute atomic E-state index is 12.6. The Morgan fingerprint density at radius 1 is 1.08 bits per heavy atom. The van der Waals surface area contributed by atoms with E-state index in [-0.39, 0.29) is 5.75 Å². The number of oxime groups is 1. The molecule has 0 heterocycles. The van der Waals surface area contributed by atoms with Crippen molar-refractivity contribution in [3.63, 3.8) is 0 Å². The summed E-state index contributed by atoms with van der Waals surface area (Å²) in [5.74, 6) is -0.172. The minimum absolute atomic E-state index is 0.290. The predicted octanol–water partition coefficient (Wildman–Crippen LogP) is 4.75. The third-order valence-corrected chi connectivity index (χ3v) is 4.84. The van der Waals surface area contributed by atoms with Gasteiger partial charge in [0.1, 0.15) is 5.75 Å². The van der Waals surface area contributed by atoms with Crippen molar-refractivity contribution < 1.29 is 14.7 Å². The fourth-order valence-corrected chi connectivity index (χ4v) is 3.44. The van der Waals surface area contributed by atoms with Crippen LogP contribution in [-0.2, 0) is 11.3 Å². The Kier molecular flexibility index (Phi) is 4.17. The van der Waals surface area contributed by atoms with Crippen LogP contribution in [0.1, 0.15) is 39.9 Å². The van der Waals surface area contributed by atoms with Crippen LogP contribution in [0.4, 0.5) is 0 Å². The van der Waals surface area contributed by atoms with Gasteiger partial charge >= 0.3 is 5.97 Å². The molecule has 26 heavy (non-hydrogen) atoms. The highest BCUT2D eigenvalue weighted by Gasteiger charge is 2.19. The normalized spacial score (nSPS) is 15.0. The number of carbonyl (C=O) groups is 1. The molecule has 0 radical (unpaired) electrons. The van der Waals surface area contributed by atoms with Crippen molar-refractivity contribution in [3.05, 3.63) is 76.9 Å². The molecule has 0 saturated heterocycles. The minimum atomic E-state index is -0.461. The highest BCUT2D eigenvalue weighted by atomic mass is 16.7. The van der Waals surface area contributed by atoms with E-state index >= 15 is 0 Å². The Hall–Kier alpha value is -3.14. The Labute approximate surface area is 151 Å². The van der Waals surface area contributed by atoms with Crippen LogP contribution in [0.2, 0.25) is 0 Å². The van der Waals surface area contributed by atoms with E-state index in [1.165, 1.54) is 0 Å². The highest BCUT2D eigenvalue weighted by Crippen LogP contribution is 2.28. The Morgan fingerprint density at radius 2 is 1.88 bits per heavy atom. The van der Waals surface area contributed by atoms with E-state index in [4.69, 9.17) is 4.84 Å². The van der Waals surface area contributed by atoms with Crippen molar-refractivity contribution in [1.82, 2.24) is 0 Å². The van der Waals surface area contributed by atoms with Gasteiger partial charge in [-0.15, -0.1) is 0 Å². The molecule has 3 aromatic carbocycles. The molecule has 0 fully saturated rings. The first-order valence-electron chi connectivity index (χ1n) is 8.72. The number of fused-ring (bicyclic) bond motifs is 2. The van der Waals surface area contributed by atoms with Crippen molar-refractivity contribution in [2.45, 2.75) is 26.2 Å². The van der Waals surface area contributed by atoms with Crippen LogP contribution < -0.4 is 0 Å². The minimum Gasteiger partial charge on any atom is -0.508 e. The summed E-state index contributed by atoms with van der Waals surface area (Å²) in [6, 6.07) is 17.0. The molecular weight excluding hydrogens is 326 g/mol. The second-order valence-corrected chi connectivity index (χ2v) is 6.59. The molecule has 0 atom stereocenters. The number of hydrogen-bond donors (Lipinski definition) is 1. The van der Waals surface area contributed by atoms with Crippen molar-refractivity contribution >= 4 is 22.5 Å². The second-order valence-electron chi connectivity index (χ2n) is 6.59. The molecule has 0 unspecified atom stereocenters. The summed E-state index contributed by atoms with van der Waals surface area (Å²) in [4.78, 5) is 17.9. The molecule has 3 aromatic rings. The first-order chi connectivity index (χ1) is 12.6. The summed E-state index contributed by atoms with van der Waals surface area (Å²) in [5, 5.41) is 15.9. The van der Waals surface area contributed by atoms with E-state index < -0.39 is 5.97 Å². The molecule has 1 N–H and O–H groups in total. The third-order valence-electron chi connectivity index (χ3n) is 4.84. The number of aryl methyl sites for hydroxylation is 2. The average Bonchev–Trinajstić information content (AvgIpc) is 2.66. The van der Waals surface area contributed by atoms with Gasteiger partial charge < -0.3 is 9.94 Å². The summed E-state index contributed by atoms with van der Waals surface area (Å²) in [6.45, 7) is 1.85. The zero-order valence-electron chi connectivity index (χ0n) is 14.5. The lowest BCUT2D eigenvalue weighted by Crippen LogP contribution is -2.14. The number of aromatic hydroxyl groups is 1. The Bertz CT molecular complexity index is 1030. The smallest absolute Gasteiger partial charge is 0.366 e. The number of rotatable bonds is 2. The summed E-state index contributed by atoms with van der Waals surface area (Å²) >= 11 is 0. The quantitative estimate of drug-likeness (QED) is 0.538. The van der Waals surface area contributed by atoms with Crippen LogP contribution in [0.15, 0.2) is 59.8 Å². The van der Waals surface area contributed by atoms with Gasteiger partial charge in [0.05, 0.1) is 11.3 Å². The van der Waals surface area contributed by atoms with Crippen molar-refractivity contribution in [2.24, 2.45) is 5.16 Å². The number of benzene rings is 3. The largest absolute Gasteiger partial charge is 0.508 e. The Balaban J connectivity index is 1.65. The zero-order valence-corrected chi connectivity index (χ0v) is 14.5. The van der Waals surface area contributed by atoms with Crippen LogP contribution in [0.3, 0.4) is 0 Å². The van der Waals surface area contributed by atoms with Crippen LogP contribution in [0.25, 0.3) is 10.8 Å². The maximum atomic E-state index is 12.6. The number of carbonyl (C=O) groups excluding carboxylic acids is 1. The number of phenols is 1. The van der Waals surface area contributed by atoms with Gasteiger partial charge in [-0.25, -0.2) is 4.79 Å². The van der Waals surface area contributed by atoms with Gasteiger partial charge in [0, 0.05) is 5.56 Å². The van der Waals surface area contributed by atoms with Gasteiger partial charge in [-0.1, -0.05) is 41.6 Å². The summed E-state index contributed by atoms with van der Waals surface area (Å²) in [5.41, 5.74) is 4.05. The van der Waals surface area contributed by atoms with E-state index in [9.17, 15) is 9.90 Å². The van der Waals surface area contributed by atoms with Gasteiger partial charge in [-0.2, -0.15) is 0 Å². The van der Waals surface area contributed by atoms with Gasteiger partial charge in [0.15, 0.2) is 0 Å². The van der Waals surface area contributed by atoms with E-state index in [0.717, 1.165) is 52.4 Å². The fraction of sp³-hybridized carbons (Fsp3) is 0.182. The Morgan fingerprint density at radius 3 is 2.77 bits per heavy atom. The molecule has 0 aliphatic heterocycles. The van der Waals surface area contributed by atoms with Crippen molar-refractivity contribution in [1.29, 1.82) is 0 Å². The second kappa shape index (κ2) is 6.64. The SMILES string of the molecule is Cc1cc2c(cc1O)CCC/C2=N\OC(=O)c1cccc2ccccc12. The topological polar surface area (TPSA) is 58.9 Å². The van der Waals surface area contributed by atoms with E-state index in [1.807, 2.05) is 49.4 Å². The molecule has 0 aromatic heterocycles. The van der Waals surface area contributed by atoms with E-state index in [2.05, 4.69) is 5.16 Å². The number of phenolic OH excluding ortho intramolecular Hbond substituents is 1. The van der Waals surface area contributed by atoms with E-state index in [1.54, 1.807) is 12.1 Å². The predicted molar refractivity (Wildman–Crippen MR) is 102 cm³/mol. The van der Waals surface area contributed by atoms with Gasteiger partial charge in [-0.05, 0) is 66.3 Å². The zero-order chi connectivity index (χ0) is 18.1. The lowest BCUT2D eigenvalue weighted by Gasteiger charge is -2.18. The van der Waals surface area contributed by atoms with Gasteiger partial charge in [0.2, 0.25) is 0 Å². The summed E-state index contributed by atoms with van der Waals surface area (Å²) in [7, 11) is 0. The van der Waals surface area contributed by atoms with Gasteiger partial charge in [0.25, 0.3) is 0 Å². The van der Waals surface area contributed by atoms with Crippen molar-refractivity contribution in [3.8, 4) is 5.75 Å². The third kappa shape index (κ3) is 2.94. The molecule has 4 heteroatoms. The first kappa shape index (κ1) is 16.3. The van der Waals surface area contributed by atoms with Crippen LogP contribution >= 0.6 is 0 Å². The highest BCUT2D eigenvalue weighted by molar-refractivity contribution is 6.06. The van der Waals surface area contributed by atoms with Crippen LogP contribution in [0, 0.1) is 6.92 Å². The molecule has 1 aliphatic rings. The molecule has 0 spiro atoms. The summed E-state index contributed by atoms with van der Waals surface area (Å²) < 4.78 is 0. The monoisotopic (exact) mass is 345 g/mol. The van der Waals surface area contributed by atoms with Gasteiger partial charge in [-0.3, -0.25) is 0 Å². The molecule has 1 aliphatic carbocycles. The molecule has 4 rings (SSSR count). The van der Waals surface area contributed by atoms with E-state index in [0.29, 0.717) is 5.56 Å². The summed E-state index contributed by atoms with van der Waals surface area (Å²) in [6.07, 6.45) is 2.56. The fourth-order valence-electron chi connectivity index (χ4n) is 3.44. The molecule has 0 amide bonds. The van der Waals surface area contributed by atoms with Crippen LogP contribution in [0.5, 0.6) is 5.75 Å². The molecule has 130 valence electrons. The lowest BCUT2D eigenvalue weighted by molar-refractivity contribution is 0.0518. The maximum Gasteiger partial charge on any atom is 0.366 e. The number of hydrogen-bond acceptors (Lipinski definition) is 4. The molecule has 0 bridgehead atoms. The molecule has 0 saturated carbocycles. The van der Waals surface area contributed by atoms with Crippen molar-refractivity contribution in [2.75, 3.05) is 0 Å². The number of nitrogens with zero attached hydrogens (tertiary/aromatic N) is 1. The lowest BCUT2D eigenvalue weighted by atomic mass is 9.88. The van der Waals surface area contributed by atoms with Crippen LogP contribution in [-0.4, -0.2) is 16.8 Å². The average molecular weight is 345 g/mol. The standard InChI is InChI=1S/C22H19NO3/c1-14-12-19-16(13-21(14)24)8-5-11-20(19)23-26-22(25)18-10-4-7-15-6-2-3-9-17(15)18/h2-4,6-7,9-10,12-13,24H,5,8,11H2,1H3/b23-20+. The molecular formula is C22H19NO3. The molecule has 4 nitrogen and oxygen atoms in total.